The standard InChI is InChI=1S/C15H17NO4/c1-8-3-2-4-10(13(8)17)14(18)16-9-5-6-12(16)11(7-9)15(19)20/h2-4,9,11-12,17H,5-7H2,1H3,(H,19,20). The Labute approximate surface area is 116 Å². The molecule has 3 unspecified atom stereocenters. The van der Waals surface area contributed by atoms with Crippen LogP contribution in [0.1, 0.15) is 35.2 Å². The van der Waals surface area contributed by atoms with Crippen LogP contribution in [0.25, 0.3) is 0 Å². The molecule has 106 valence electrons. The van der Waals surface area contributed by atoms with Crippen LogP contribution in [-0.4, -0.2) is 39.1 Å². The molecule has 2 fully saturated rings. The van der Waals surface area contributed by atoms with Gasteiger partial charge in [-0.2, -0.15) is 0 Å². The highest BCUT2D eigenvalue weighted by atomic mass is 16.4. The van der Waals surface area contributed by atoms with Crippen LogP contribution >= 0.6 is 0 Å². The normalized spacial score (nSPS) is 27.9. The third-order valence-electron chi connectivity index (χ3n) is 4.56. The predicted molar refractivity (Wildman–Crippen MR) is 71.6 cm³/mol. The number of carbonyl (C=O) groups is 2. The molecule has 1 aromatic carbocycles. The van der Waals surface area contributed by atoms with Crippen molar-refractivity contribution in [1.82, 2.24) is 4.90 Å². The molecule has 0 saturated carbocycles. The molecule has 1 amide bonds. The lowest BCUT2D eigenvalue weighted by molar-refractivity contribution is -0.142. The minimum absolute atomic E-state index is 0.00400. The molecule has 2 aliphatic rings. The van der Waals surface area contributed by atoms with Crippen LogP contribution in [0.4, 0.5) is 0 Å². The molecule has 2 saturated heterocycles. The van der Waals surface area contributed by atoms with Crippen LogP contribution in [0.2, 0.25) is 0 Å². The number of para-hydroxylation sites is 1. The Morgan fingerprint density at radius 2 is 2.05 bits per heavy atom. The van der Waals surface area contributed by atoms with E-state index >= 15 is 0 Å². The Hall–Kier alpha value is -2.04. The van der Waals surface area contributed by atoms with Crippen molar-refractivity contribution in [1.29, 1.82) is 0 Å². The van der Waals surface area contributed by atoms with E-state index in [9.17, 15) is 19.8 Å². The topological polar surface area (TPSA) is 77.8 Å². The molecule has 2 heterocycles. The number of nitrogens with zero attached hydrogens (tertiary/aromatic N) is 1. The van der Waals surface area contributed by atoms with Gasteiger partial charge >= 0.3 is 5.97 Å². The van der Waals surface area contributed by atoms with E-state index in [1.54, 1.807) is 30.0 Å². The number of fused-ring (bicyclic) bond motifs is 2. The molecule has 3 rings (SSSR count). The van der Waals surface area contributed by atoms with Gasteiger partial charge in [0.2, 0.25) is 0 Å². The Balaban J connectivity index is 1.92. The third-order valence-corrected chi connectivity index (χ3v) is 4.56. The van der Waals surface area contributed by atoms with E-state index in [1.165, 1.54) is 0 Å². The summed E-state index contributed by atoms with van der Waals surface area (Å²) >= 11 is 0. The fourth-order valence-corrected chi connectivity index (χ4v) is 3.54. The van der Waals surface area contributed by atoms with Gasteiger partial charge < -0.3 is 15.1 Å². The quantitative estimate of drug-likeness (QED) is 0.862. The van der Waals surface area contributed by atoms with Gasteiger partial charge in [0, 0.05) is 12.1 Å². The summed E-state index contributed by atoms with van der Waals surface area (Å²) in [6.07, 6.45) is 2.12. The fraction of sp³-hybridized carbons (Fsp3) is 0.467. The summed E-state index contributed by atoms with van der Waals surface area (Å²) < 4.78 is 0. The van der Waals surface area contributed by atoms with E-state index in [1.807, 2.05) is 0 Å². The maximum atomic E-state index is 12.6. The maximum Gasteiger partial charge on any atom is 0.308 e. The smallest absolute Gasteiger partial charge is 0.308 e. The summed E-state index contributed by atoms with van der Waals surface area (Å²) in [5.74, 6) is -1.55. The number of phenols is 1. The van der Waals surface area contributed by atoms with Crippen molar-refractivity contribution in [3.63, 3.8) is 0 Å². The first-order chi connectivity index (χ1) is 9.50. The lowest BCUT2D eigenvalue weighted by Crippen LogP contribution is -2.37. The van der Waals surface area contributed by atoms with Crippen LogP contribution in [0, 0.1) is 12.8 Å². The van der Waals surface area contributed by atoms with Crippen LogP contribution in [0.5, 0.6) is 5.75 Å². The molecule has 2 N–H and O–H groups in total. The number of phenolic OH excluding ortho intramolecular Hbond substituents is 1. The van der Waals surface area contributed by atoms with Gasteiger partial charge in [-0.25, -0.2) is 0 Å². The molecule has 0 aromatic heterocycles. The third kappa shape index (κ3) is 1.77. The first kappa shape index (κ1) is 13.0. The maximum absolute atomic E-state index is 12.6. The van der Waals surface area contributed by atoms with Crippen LogP contribution in [0.15, 0.2) is 18.2 Å². The summed E-state index contributed by atoms with van der Waals surface area (Å²) in [6, 6.07) is 4.83. The number of aliphatic carboxylic acids is 1. The fourth-order valence-electron chi connectivity index (χ4n) is 3.54. The Kier molecular flexibility index (Phi) is 2.92. The average molecular weight is 275 g/mol. The largest absolute Gasteiger partial charge is 0.507 e. The SMILES string of the molecule is Cc1cccc(C(=O)N2C3CCC2C(C(=O)O)C3)c1O. The molecule has 5 heteroatoms. The minimum Gasteiger partial charge on any atom is -0.507 e. The summed E-state index contributed by atoms with van der Waals surface area (Å²) in [5.41, 5.74) is 0.921. The van der Waals surface area contributed by atoms with Crippen molar-refractivity contribution >= 4 is 11.9 Å². The lowest BCUT2D eigenvalue weighted by Gasteiger charge is -2.23. The van der Waals surface area contributed by atoms with Crippen molar-refractivity contribution in [2.75, 3.05) is 0 Å². The Bertz CT molecular complexity index is 583. The molecule has 20 heavy (non-hydrogen) atoms. The summed E-state index contributed by atoms with van der Waals surface area (Å²) in [5, 5.41) is 19.2. The van der Waals surface area contributed by atoms with Crippen molar-refractivity contribution in [3.8, 4) is 5.75 Å². The van der Waals surface area contributed by atoms with Crippen LogP contribution in [0.3, 0.4) is 0 Å². The summed E-state index contributed by atoms with van der Waals surface area (Å²) in [7, 11) is 0. The van der Waals surface area contributed by atoms with E-state index in [2.05, 4.69) is 0 Å². The highest BCUT2D eigenvalue weighted by Crippen LogP contribution is 2.43. The molecular formula is C15H17NO4. The molecular weight excluding hydrogens is 258 g/mol. The Morgan fingerprint density at radius 3 is 2.70 bits per heavy atom. The highest BCUT2D eigenvalue weighted by Gasteiger charge is 2.51. The van der Waals surface area contributed by atoms with Crippen LogP contribution in [-0.2, 0) is 4.79 Å². The van der Waals surface area contributed by atoms with Crippen molar-refractivity contribution < 1.29 is 19.8 Å². The van der Waals surface area contributed by atoms with E-state index < -0.39 is 11.9 Å². The first-order valence-corrected chi connectivity index (χ1v) is 6.84. The van der Waals surface area contributed by atoms with Crippen molar-refractivity contribution in [3.05, 3.63) is 29.3 Å². The van der Waals surface area contributed by atoms with E-state index in [0.717, 1.165) is 12.8 Å². The Morgan fingerprint density at radius 1 is 1.30 bits per heavy atom. The minimum atomic E-state index is -0.830. The molecule has 0 spiro atoms. The number of aryl methyl sites for hydroxylation is 1. The highest BCUT2D eigenvalue weighted by molar-refractivity contribution is 5.98. The second-order valence-electron chi connectivity index (χ2n) is 5.66. The number of amides is 1. The van der Waals surface area contributed by atoms with E-state index in [-0.39, 0.29) is 29.3 Å². The van der Waals surface area contributed by atoms with Gasteiger partial charge in [0.05, 0.1) is 11.5 Å². The molecule has 3 atom stereocenters. The summed E-state index contributed by atoms with van der Waals surface area (Å²) in [6.45, 7) is 1.74. The van der Waals surface area contributed by atoms with Gasteiger partial charge in [0.1, 0.15) is 5.75 Å². The summed E-state index contributed by atoms with van der Waals surface area (Å²) in [4.78, 5) is 25.5. The van der Waals surface area contributed by atoms with E-state index in [0.29, 0.717) is 12.0 Å². The lowest BCUT2D eigenvalue weighted by atomic mass is 9.89. The van der Waals surface area contributed by atoms with Crippen molar-refractivity contribution in [2.45, 2.75) is 38.3 Å². The first-order valence-electron chi connectivity index (χ1n) is 6.84. The number of carboxylic acid groups (broad SMARTS) is 1. The van der Waals surface area contributed by atoms with Crippen molar-refractivity contribution in [2.24, 2.45) is 5.92 Å². The molecule has 2 aliphatic heterocycles. The zero-order valence-corrected chi connectivity index (χ0v) is 11.2. The number of rotatable bonds is 2. The second-order valence-corrected chi connectivity index (χ2v) is 5.66. The molecule has 1 aromatic rings. The molecule has 2 bridgehead atoms. The van der Waals surface area contributed by atoms with Gasteiger partial charge in [-0.3, -0.25) is 9.59 Å². The van der Waals surface area contributed by atoms with Gasteiger partial charge in [0.25, 0.3) is 5.91 Å². The number of carbonyl (C=O) groups excluding carboxylic acids is 1. The molecule has 0 radical (unpaired) electrons. The molecule has 5 nitrogen and oxygen atoms in total. The number of benzene rings is 1. The number of hydrogen-bond donors (Lipinski definition) is 2. The monoisotopic (exact) mass is 275 g/mol. The zero-order valence-electron chi connectivity index (χ0n) is 11.2. The van der Waals surface area contributed by atoms with E-state index in [4.69, 9.17) is 0 Å². The average Bonchev–Trinajstić information content (AvgIpc) is 2.98. The predicted octanol–water partition coefficient (Wildman–Crippen LogP) is 1.78. The van der Waals surface area contributed by atoms with Crippen LogP contribution < -0.4 is 0 Å². The van der Waals surface area contributed by atoms with Gasteiger partial charge in [-0.05, 0) is 37.8 Å². The number of carboxylic acids is 1. The second kappa shape index (κ2) is 4.51. The molecule has 0 aliphatic carbocycles. The van der Waals surface area contributed by atoms with Gasteiger partial charge in [-0.1, -0.05) is 12.1 Å². The van der Waals surface area contributed by atoms with Gasteiger partial charge in [0.15, 0.2) is 0 Å². The number of hydrogen-bond acceptors (Lipinski definition) is 3. The van der Waals surface area contributed by atoms with Gasteiger partial charge in [-0.15, -0.1) is 0 Å². The number of aromatic hydroxyl groups is 1. The zero-order chi connectivity index (χ0) is 14.4.